The highest BCUT2D eigenvalue weighted by atomic mass is 19.1. The number of hydrogen-bond acceptors (Lipinski definition) is 7. The van der Waals surface area contributed by atoms with Crippen LogP contribution in [-0.2, 0) is 9.53 Å². The molecule has 6 unspecified atom stereocenters. The molecule has 0 bridgehead atoms. The number of halogens is 1. The minimum Gasteiger partial charge on any atom is -0.507 e. The Bertz CT molecular complexity index is 885. The van der Waals surface area contributed by atoms with Crippen LogP contribution in [0.25, 0.3) is 0 Å². The smallest absolute Gasteiger partial charge is 0.342 e. The van der Waals surface area contributed by atoms with Gasteiger partial charge in [0.1, 0.15) is 23.5 Å². The van der Waals surface area contributed by atoms with E-state index in [1.165, 1.54) is 6.07 Å². The van der Waals surface area contributed by atoms with Gasteiger partial charge in [-0.15, -0.1) is 0 Å². The van der Waals surface area contributed by atoms with Crippen molar-refractivity contribution in [1.82, 2.24) is 5.32 Å². The number of ether oxygens (including phenoxy) is 1. The number of rotatable bonds is 1. The molecule has 1 aromatic rings. The molecule has 0 saturated carbocycles. The number of Topliss-reactive ketones (excluding diaryl/α,β-unsaturated/α-hetero) is 1. The number of fused-ring (bicyclic) bond motifs is 3. The first-order chi connectivity index (χ1) is 14.0. The number of benzene rings is 1. The van der Waals surface area contributed by atoms with Gasteiger partial charge in [0.2, 0.25) is 5.78 Å². The maximum Gasteiger partial charge on any atom is 0.342 e. The molecule has 0 amide bonds. The van der Waals surface area contributed by atoms with E-state index in [0.717, 1.165) is 11.8 Å². The lowest BCUT2D eigenvalue weighted by Crippen LogP contribution is -2.30. The molecule has 30 heavy (non-hydrogen) atoms. The minimum absolute atomic E-state index is 0.0745. The molecule has 7 nitrogen and oxygen atoms in total. The number of esters is 1. The van der Waals surface area contributed by atoms with Crippen LogP contribution in [0.15, 0.2) is 24.0 Å². The van der Waals surface area contributed by atoms with Gasteiger partial charge in [-0.05, 0) is 37.0 Å². The van der Waals surface area contributed by atoms with Crippen LogP contribution in [0.2, 0.25) is 0 Å². The topological polar surface area (TPSA) is 109 Å². The minimum atomic E-state index is -1.46. The Balaban J connectivity index is 2.06. The Morgan fingerprint density at radius 1 is 1.20 bits per heavy atom. The summed E-state index contributed by atoms with van der Waals surface area (Å²) < 4.78 is 19.9. The number of phenolic OH excluding ortho intramolecular Hbond substituents is 1. The van der Waals surface area contributed by atoms with Crippen LogP contribution in [0.4, 0.5) is 10.1 Å². The van der Waals surface area contributed by atoms with Crippen molar-refractivity contribution in [3.63, 3.8) is 0 Å². The maximum atomic E-state index is 14.4. The van der Waals surface area contributed by atoms with Crippen LogP contribution >= 0.6 is 0 Å². The van der Waals surface area contributed by atoms with E-state index in [0.29, 0.717) is 12.0 Å². The summed E-state index contributed by atoms with van der Waals surface area (Å²) in [5.41, 5.74) is 1.40. The number of anilines is 1. The molecule has 2 aliphatic rings. The van der Waals surface area contributed by atoms with Crippen LogP contribution in [0.3, 0.4) is 0 Å². The van der Waals surface area contributed by atoms with E-state index in [1.807, 2.05) is 25.1 Å². The first kappa shape index (κ1) is 22.2. The fourth-order valence-electron chi connectivity index (χ4n) is 3.76. The number of ketones is 1. The zero-order chi connectivity index (χ0) is 22.3. The lowest BCUT2D eigenvalue weighted by atomic mass is 9.91. The lowest BCUT2D eigenvalue weighted by molar-refractivity contribution is -0.127. The number of carbonyl (C=O) groups excluding carboxylic acids is 2. The van der Waals surface area contributed by atoms with Crippen molar-refractivity contribution in [2.45, 2.75) is 51.5 Å². The largest absolute Gasteiger partial charge is 0.507 e. The number of hydrogen-bond donors (Lipinski definition) is 3. The predicted octanol–water partition coefficient (Wildman–Crippen LogP) is 2.48. The lowest BCUT2D eigenvalue weighted by Gasteiger charge is -2.22. The van der Waals surface area contributed by atoms with E-state index < -0.39 is 41.6 Å². The molecule has 1 aromatic carbocycles. The van der Waals surface area contributed by atoms with Gasteiger partial charge in [-0.1, -0.05) is 13.8 Å². The number of carbonyl (C=O) groups is 2. The third kappa shape index (κ3) is 4.34. The summed E-state index contributed by atoms with van der Waals surface area (Å²) in [6.45, 7) is 4.89. The molecule has 1 saturated heterocycles. The first-order valence-corrected chi connectivity index (χ1v) is 10.1. The van der Waals surface area contributed by atoms with Crippen molar-refractivity contribution in [2.24, 2.45) is 11.8 Å². The van der Waals surface area contributed by atoms with E-state index in [4.69, 9.17) is 4.74 Å². The van der Waals surface area contributed by atoms with Crippen LogP contribution in [0, 0.1) is 11.8 Å². The van der Waals surface area contributed by atoms with Gasteiger partial charge in [0, 0.05) is 43.9 Å². The molecule has 0 aliphatic carbocycles. The number of nitrogens with zero attached hydrogens (tertiary/aromatic N) is 1. The molecular formula is C22H29FN2O5. The van der Waals surface area contributed by atoms with Crippen molar-refractivity contribution in [3.8, 4) is 5.75 Å². The number of phenols is 1. The van der Waals surface area contributed by atoms with E-state index in [2.05, 4.69) is 5.32 Å². The van der Waals surface area contributed by atoms with Gasteiger partial charge in [-0.25, -0.2) is 9.18 Å². The van der Waals surface area contributed by atoms with Crippen molar-refractivity contribution in [1.29, 1.82) is 0 Å². The molecular weight excluding hydrogens is 391 g/mol. The Morgan fingerprint density at radius 3 is 2.50 bits per heavy atom. The van der Waals surface area contributed by atoms with Gasteiger partial charge < -0.3 is 25.2 Å². The molecule has 0 radical (unpaired) electrons. The Labute approximate surface area is 175 Å². The molecule has 2 heterocycles. The van der Waals surface area contributed by atoms with Gasteiger partial charge in [0.25, 0.3) is 0 Å². The average Bonchev–Trinajstić information content (AvgIpc) is 3.43. The summed E-state index contributed by atoms with van der Waals surface area (Å²) in [6.07, 6.45) is -0.746. The van der Waals surface area contributed by atoms with Gasteiger partial charge in [-0.2, -0.15) is 0 Å². The highest BCUT2D eigenvalue weighted by Crippen LogP contribution is 2.41. The fraction of sp³-hybridized carbons (Fsp3) is 0.545. The van der Waals surface area contributed by atoms with Crippen LogP contribution in [0.5, 0.6) is 5.75 Å². The van der Waals surface area contributed by atoms with E-state index >= 15 is 0 Å². The summed E-state index contributed by atoms with van der Waals surface area (Å²) in [7, 11) is 3.66. The van der Waals surface area contributed by atoms with Crippen molar-refractivity contribution < 1.29 is 28.9 Å². The van der Waals surface area contributed by atoms with Crippen LogP contribution in [0.1, 0.15) is 49.2 Å². The summed E-state index contributed by atoms with van der Waals surface area (Å²) in [4.78, 5) is 27.0. The zero-order valence-electron chi connectivity index (χ0n) is 17.8. The van der Waals surface area contributed by atoms with Gasteiger partial charge in [-0.3, -0.25) is 4.79 Å². The first-order valence-electron chi connectivity index (χ1n) is 10.1. The summed E-state index contributed by atoms with van der Waals surface area (Å²) in [6, 6.07) is 2.94. The van der Waals surface area contributed by atoms with E-state index in [9.17, 15) is 24.2 Å². The SMILES string of the molecule is CC1/C=C(/F)C(=O)C(O)C(C)CC2NC2c2cc(N(C)C)cc(O)c2C(=O)OC1C. The number of aromatic hydroxyl groups is 1. The third-order valence-electron chi connectivity index (χ3n) is 5.99. The quantitative estimate of drug-likeness (QED) is 0.473. The maximum absolute atomic E-state index is 14.4. The Kier molecular flexibility index (Phi) is 6.19. The molecule has 164 valence electrons. The molecule has 3 rings (SSSR count). The van der Waals surface area contributed by atoms with Crippen LogP contribution < -0.4 is 10.2 Å². The monoisotopic (exact) mass is 420 g/mol. The average molecular weight is 420 g/mol. The molecule has 3 N–H and O–H groups in total. The highest BCUT2D eigenvalue weighted by Gasteiger charge is 2.43. The summed E-state index contributed by atoms with van der Waals surface area (Å²) in [5, 5.41) is 24.2. The number of aliphatic hydroxyl groups excluding tert-OH is 1. The second kappa shape index (κ2) is 8.35. The number of aliphatic hydroxyl groups is 1. The van der Waals surface area contributed by atoms with Crippen LogP contribution in [-0.4, -0.2) is 54.3 Å². The molecule has 0 spiro atoms. The van der Waals surface area contributed by atoms with Gasteiger partial charge in [0.15, 0.2) is 5.83 Å². The fourth-order valence-corrected chi connectivity index (χ4v) is 3.76. The second-order valence-corrected chi connectivity index (χ2v) is 8.58. The molecule has 6 atom stereocenters. The van der Waals surface area contributed by atoms with Crippen molar-refractivity contribution in [3.05, 3.63) is 35.2 Å². The standard InChI is InChI=1S/C22H29FN2O5/c1-10-6-15(23)21(28)20(27)11(2)7-16-19(24-16)14-8-13(25(4)5)9-17(26)18(14)22(29)30-12(10)3/h6,8-12,16,19-20,24,26-27H,7H2,1-5H3/b15-6+. The Morgan fingerprint density at radius 2 is 1.87 bits per heavy atom. The number of cyclic esters (lactones) is 1. The molecule has 2 aliphatic heterocycles. The third-order valence-corrected chi connectivity index (χ3v) is 5.99. The van der Waals surface area contributed by atoms with Gasteiger partial charge in [0.05, 0.1) is 0 Å². The predicted molar refractivity (Wildman–Crippen MR) is 110 cm³/mol. The zero-order valence-corrected chi connectivity index (χ0v) is 17.8. The Hall–Kier alpha value is -2.45. The number of nitrogens with one attached hydrogen (secondary N) is 1. The molecule has 8 heteroatoms. The normalized spacial score (nSPS) is 34.0. The van der Waals surface area contributed by atoms with E-state index in [-0.39, 0.29) is 23.4 Å². The molecule has 0 aromatic heterocycles. The highest BCUT2D eigenvalue weighted by molar-refractivity contribution is 5.97. The second-order valence-electron chi connectivity index (χ2n) is 8.58. The van der Waals surface area contributed by atoms with Crippen molar-refractivity contribution >= 4 is 17.4 Å². The van der Waals surface area contributed by atoms with Crippen molar-refractivity contribution in [2.75, 3.05) is 19.0 Å². The van der Waals surface area contributed by atoms with Gasteiger partial charge >= 0.3 is 5.97 Å². The summed E-state index contributed by atoms with van der Waals surface area (Å²) >= 11 is 0. The summed E-state index contributed by atoms with van der Waals surface area (Å²) in [5.74, 6) is -4.00. The van der Waals surface area contributed by atoms with E-state index in [1.54, 1.807) is 20.8 Å². The molecule has 1 fully saturated rings.